The van der Waals surface area contributed by atoms with Gasteiger partial charge in [-0.05, 0) is 41.8 Å². The van der Waals surface area contributed by atoms with Crippen molar-refractivity contribution in [2.45, 2.75) is 19.8 Å². The molecule has 1 saturated heterocycles. The Bertz CT molecular complexity index is 920. The summed E-state index contributed by atoms with van der Waals surface area (Å²) in [7, 11) is 1.32. The van der Waals surface area contributed by atoms with E-state index in [1.807, 2.05) is 24.3 Å². The van der Waals surface area contributed by atoms with Crippen molar-refractivity contribution in [3.63, 3.8) is 0 Å². The van der Waals surface area contributed by atoms with Crippen LogP contribution in [-0.2, 0) is 20.7 Å². The summed E-state index contributed by atoms with van der Waals surface area (Å²) >= 11 is 0. The first kappa shape index (κ1) is 20.3. The molecule has 7 nitrogen and oxygen atoms in total. The number of rotatable bonds is 6. The lowest BCUT2D eigenvalue weighted by Crippen LogP contribution is -2.30. The summed E-state index contributed by atoms with van der Waals surface area (Å²) < 4.78 is 4.65. The molecular weight excluding hydrogens is 370 g/mol. The molecule has 0 spiro atoms. The van der Waals surface area contributed by atoms with Crippen LogP contribution in [0.15, 0.2) is 53.6 Å². The van der Waals surface area contributed by atoms with Gasteiger partial charge >= 0.3 is 5.97 Å². The second kappa shape index (κ2) is 9.14. The Kier molecular flexibility index (Phi) is 6.39. The zero-order valence-corrected chi connectivity index (χ0v) is 16.4. The van der Waals surface area contributed by atoms with Crippen molar-refractivity contribution in [1.82, 2.24) is 5.43 Å². The fraction of sp³-hybridized carbons (Fsp3) is 0.273. The second-order valence-corrected chi connectivity index (χ2v) is 6.77. The van der Waals surface area contributed by atoms with Crippen LogP contribution in [0.3, 0.4) is 0 Å². The molecule has 2 amide bonds. The van der Waals surface area contributed by atoms with Gasteiger partial charge in [0.1, 0.15) is 0 Å². The zero-order chi connectivity index (χ0) is 20.8. The maximum absolute atomic E-state index is 12.4. The van der Waals surface area contributed by atoms with Crippen LogP contribution in [0.1, 0.15) is 34.8 Å². The van der Waals surface area contributed by atoms with Crippen molar-refractivity contribution in [2.75, 3.05) is 18.6 Å². The number of anilines is 1. The molecule has 0 saturated carbocycles. The van der Waals surface area contributed by atoms with Crippen LogP contribution < -0.4 is 10.3 Å². The maximum Gasteiger partial charge on any atom is 0.337 e. The molecule has 1 fully saturated rings. The summed E-state index contributed by atoms with van der Waals surface area (Å²) in [5.74, 6) is -1.24. The molecule has 1 atom stereocenters. The highest BCUT2D eigenvalue weighted by atomic mass is 16.5. The summed E-state index contributed by atoms with van der Waals surface area (Å²) in [6.07, 6.45) is 2.57. The summed E-state index contributed by atoms with van der Waals surface area (Å²) in [5, 5.41) is 3.96. The lowest BCUT2D eigenvalue weighted by atomic mass is 10.1. The molecule has 7 heteroatoms. The molecule has 1 N–H and O–H groups in total. The van der Waals surface area contributed by atoms with E-state index in [4.69, 9.17) is 0 Å². The molecule has 0 aliphatic carbocycles. The van der Waals surface area contributed by atoms with E-state index in [-0.39, 0.29) is 18.2 Å². The molecule has 0 unspecified atom stereocenters. The Morgan fingerprint density at radius 1 is 1.17 bits per heavy atom. The van der Waals surface area contributed by atoms with Gasteiger partial charge in [-0.2, -0.15) is 5.10 Å². The molecule has 3 rings (SSSR count). The Morgan fingerprint density at radius 3 is 2.48 bits per heavy atom. The van der Waals surface area contributed by atoms with Gasteiger partial charge in [-0.15, -0.1) is 0 Å². The van der Waals surface area contributed by atoms with E-state index < -0.39 is 11.9 Å². The quantitative estimate of drug-likeness (QED) is 0.464. The van der Waals surface area contributed by atoms with Crippen molar-refractivity contribution in [1.29, 1.82) is 0 Å². The molecule has 150 valence electrons. The number of hydrogen-bond donors (Lipinski definition) is 1. The highest BCUT2D eigenvalue weighted by molar-refractivity contribution is 6.00. The van der Waals surface area contributed by atoms with Crippen molar-refractivity contribution >= 4 is 29.7 Å². The molecule has 2 aromatic rings. The summed E-state index contributed by atoms with van der Waals surface area (Å²) in [6.45, 7) is 2.41. The first-order chi connectivity index (χ1) is 14.0. The molecule has 1 aliphatic rings. The number of nitrogens with zero attached hydrogens (tertiary/aromatic N) is 2. The second-order valence-electron chi connectivity index (χ2n) is 6.77. The van der Waals surface area contributed by atoms with Crippen molar-refractivity contribution in [3.8, 4) is 0 Å². The molecule has 0 aromatic heterocycles. The number of esters is 1. The Hall–Kier alpha value is -3.48. The molecule has 2 aromatic carbocycles. The van der Waals surface area contributed by atoms with E-state index in [2.05, 4.69) is 22.2 Å². The van der Waals surface area contributed by atoms with Gasteiger partial charge in [0, 0.05) is 18.7 Å². The van der Waals surface area contributed by atoms with E-state index in [0.717, 1.165) is 17.7 Å². The summed E-state index contributed by atoms with van der Waals surface area (Å²) in [5.41, 5.74) is 5.65. The minimum absolute atomic E-state index is 0.0724. The highest BCUT2D eigenvalue weighted by Gasteiger charge is 2.35. The van der Waals surface area contributed by atoms with Crippen LogP contribution in [0.4, 0.5) is 5.69 Å². The fourth-order valence-corrected chi connectivity index (χ4v) is 3.13. The lowest BCUT2D eigenvalue weighted by molar-refractivity contribution is -0.126. The third-order valence-electron chi connectivity index (χ3n) is 4.87. The fourth-order valence-electron chi connectivity index (χ4n) is 3.13. The van der Waals surface area contributed by atoms with Gasteiger partial charge in [-0.3, -0.25) is 9.59 Å². The highest BCUT2D eigenvalue weighted by Crippen LogP contribution is 2.25. The van der Waals surface area contributed by atoms with E-state index in [1.54, 1.807) is 29.2 Å². The van der Waals surface area contributed by atoms with Crippen molar-refractivity contribution < 1.29 is 19.1 Å². The number of carbonyl (C=O) groups is 3. The molecule has 1 heterocycles. The number of nitrogens with one attached hydrogen (secondary N) is 1. The predicted octanol–water partition coefficient (Wildman–Crippen LogP) is 2.54. The summed E-state index contributed by atoms with van der Waals surface area (Å²) in [4.78, 5) is 37.8. The zero-order valence-electron chi connectivity index (χ0n) is 16.4. The molecule has 29 heavy (non-hydrogen) atoms. The van der Waals surface area contributed by atoms with Gasteiger partial charge in [-0.25, -0.2) is 10.2 Å². The number of ether oxygens (including phenoxy) is 1. The number of hydrazone groups is 1. The minimum Gasteiger partial charge on any atom is -0.465 e. The van der Waals surface area contributed by atoms with Gasteiger partial charge in [-0.1, -0.05) is 31.2 Å². The van der Waals surface area contributed by atoms with Crippen LogP contribution in [0.2, 0.25) is 0 Å². The number of benzene rings is 2. The number of amides is 2. The third-order valence-corrected chi connectivity index (χ3v) is 4.87. The first-order valence-corrected chi connectivity index (χ1v) is 9.42. The molecule has 0 bridgehead atoms. The molecule has 1 aliphatic heterocycles. The smallest absolute Gasteiger partial charge is 0.337 e. The third kappa shape index (κ3) is 4.87. The average molecular weight is 393 g/mol. The number of hydrogen-bond acceptors (Lipinski definition) is 5. The van der Waals surface area contributed by atoms with Gasteiger partial charge in [0.25, 0.3) is 0 Å². The Labute approximate surface area is 169 Å². The molecular formula is C22H23N3O4. The van der Waals surface area contributed by atoms with Crippen LogP contribution >= 0.6 is 0 Å². The Balaban J connectivity index is 1.56. The van der Waals surface area contributed by atoms with E-state index in [1.165, 1.54) is 18.9 Å². The standard InChI is InChI=1S/C22H23N3O4/c1-3-15-6-10-19(11-7-15)25-14-18(12-20(25)26)21(27)24-23-13-16-4-8-17(9-5-16)22(28)29-2/h4-11,13,18H,3,12,14H2,1-2H3,(H,24,27)/b23-13-/t18-/m1/s1. The predicted molar refractivity (Wildman–Crippen MR) is 110 cm³/mol. The van der Waals surface area contributed by atoms with Crippen LogP contribution in [0, 0.1) is 5.92 Å². The van der Waals surface area contributed by atoms with Gasteiger partial charge in [0.2, 0.25) is 11.8 Å². The topological polar surface area (TPSA) is 88.1 Å². The van der Waals surface area contributed by atoms with Crippen molar-refractivity contribution in [2.24, 2.45) is 11.0 Å². The van der Waals surface area contributed by atoms with Crippen LogP contribution in [0.25, 0.3) is 0 Å². The van der Waals surface area contributed by atoms with Crippen molar-refractivity contribution in [3.05, 3.63) is 65.2 Å². The monoisotopic (exact) mass is 393 g/mol. The van der Waals surface area contributed by atoms with E-state index in [0.29, 0.717) is 12.1 Å². The normalized spacial score (nSPS) is 16.3. The number of carbonyl (C=O) groups excluding carboxylic acids is 3. The summed E-state index contributed by atoms with van der Waals surface area (Å²) in [6, 6.07) is 14.4. The van der Waals surface area contributed by atoms with Gasteiger partial charge in [0.15, 0.2) is 0 Å². The number of aryl methyl sites for hydroxylation is 1. The van der Waals surface area contributed by atoms with E-state index in [9.17, 15) is 14.4 Å². The van der Waals surface area contributed by atoms with Crippen LogP contribution in [-0.4, -0.2) is 37.7 Å². The van der Waals surface area contributed by atoms with Crippen LogP contribution in [0.5, 0.6) is 0 Å². The van der Waals surface area contributed by atoms with Gasteiger partial charge < -0.3 is 9.64 Å². The van der Waals surface area contributed by atoms with E-state index >= 15 is 0 Å². The lowest BCUT2D eigenvalue weighted by Gasteiger charge is -2.16. The maximum atomic E-state index is 12.4. The molecule has 0 radical (unpaired) electrons. The largest absolute Gasteiger partial charge is 0.465 e. The van der Waals surface area contributed by atoms with Gasteiger partial charge in [0.05, 0.1) is 24.8 Å². The minimum atomic E-state index is -0.452. The Morgan fingerprint density at radius 2 is 1.86 bits per heavy atom. The first-order valence-electron chi connectivity index (χ1n) is 9.42. The SMILES string of the molecule is CCc1ccc(N2C[C@H](C(=O)N/N=C\c3ccc(C(=O)OC)cc3)CC2=O)cc1. The average Bonchev–Trinajstić information content (AvgIpc) is 3.15. The number of methoxy groups -OCH3 is 1.